The van der Waals surface area contributed by atoms with Gasteiger partial charge in [0, 0.05) is 19.8 Å². The fourth-order valence-electron chi connectivity index (χ4n) is 1.04. The third-order valence-corrected chi connectivity index (χ3v) is 2.12. The molecule has 1 nitrogen and oxygen atoms in total. The molecule has 1 atom stereocenters. The van der Waals surface area contributed by atoms with Crippen LogP contribution < -0.4 is 4.90 Å². The molecule has 0 aliphatic carbocycles. The Labute approximate surface area is 79.0 Å². The van der Waals surface area contributed by atoms with Gasteiger partial charge in [0.2, 0.25) is 0 Å². The van der Waals surface area contributed by atoms with Crippen molar-refractivity contribution in [2.45, 2.75) is 12.3 Å². The Morgan fingerprint density at radius 2 is 1.67 bits per heavy atom. The number of halogens is 1. The quantitative estimate of drug-likeness (QED) is 0.638. The van der Waals surface area contributed by atoms with Gasteiger partial charge >= 0.3 is 0 Å². The fourth-order valence-corrected chi connectivity index (χ4v) is 1.18. The molecular formula is C10H14ClN. The standard InChI is InChI=1S/C10H14ClN/c1-8(11)9-4-6-10(7-5-9)12(2)3/h4-8H,1-3H3. The Kier molecular flexibility index (Phi) is 2.99. The van der Waals surface area contributed by atoms with Crippen molar-refractivity contribution in [3.8, 4) is 0 Å². The summed E-state index contributed by atoms with van der Waals surface area (Å²) >= 11 is 5.92. The van der Waals surface area contributed by atoms with Gasteiger partial charge in [0.05, 0.1) is 5.38 Å². The average molecular weight is 184 g/mol. The van der Waals surface area contributed by atoms with E-state index in [0.717, 1.165) is 0 Å². The van der Waals surface area contributed by atoms with Crippen LogP contribution in [0.25, 0.3) is 0 Å². The summed E-state index contributed by atoms with van der Waals surface area (Å²) in [7, 11) is 4.05. The topological polar surface area (TPSA) is 3.24 Å². The molecule has 0 spiro atoms. The Morgan fingerprint density at radius 1 is 1.17 bits per heavy atom. The van der Waals surface area contributed by atoms with Crippen LogP contribution in [0.4, 0.5) is 5.69 Å². The molecule has 0 fully saturated rings. The number of alkyl halides is 1. The number of anilines is 1. The number of benzene rings is 1. The van der Waals surface area contributed by atoms with Crippen LogP contribution in [0.2, 0.25) is 0 Å². The Balaban J connectivity index is 2.86. The summed E-state index contributed by atoms with van der Waals surface area (Å²) in [6, 6.07) is 8.28. The smallest absolute Gasteiger partial charge is 0.0557 e. The molecule has 2 heteroatoms. The maximum Gasteiger partial charge on any atom is 0.0557 e. The second kappa shape index (κ2) is 3.81. The zero-order valence-corrected chi connectivity index (χ0v) is 8.47. The molecule has 12 heavy (non-hydrogen) atoms. The molecule has 1 aromatic carbocycles. The summed E-state index contributed by atoms with van der Waals surface area (Å²) in [5.74, 6) is 0. The molecular weight excluding hydrogens is 170 g/mol. The van der Waals surface area contributed by atoms with Crippen molar-refractivity contribution in [1.29, 1.82) is 0 Å². The molecule has 1 aromatic rings. The summed E-state index contributed by atoms with van der Waals surface area (Å²) in [4.78, 5) is 2.07. The lowest BCUT2D eigenvalue weighted by Gasteiger charge is -2.13. The first-order chi connectivity index (χ1) is 5.61. The molecule has 0 saturated heterocycles. The van der Waals surface area contributed by atoms with Gasteiger partial charge in [0.15, 0.2) is 0 Å². The molecule has 0 saturated carbocycles. The van der Waals surface area contributed by atoms with Gasteiger partial charge in [-0.25, -0.2) is 0 Å². The van der Waals surface area contributed by atoms with Gasteiger partial charge in [-0.2, -0.15) is 0 Å². The van der Waals surface area contributed by atoms with Crippen LogP contribution in [0.5, 0.6) is 0 Å². The summed E-state index contributed by atoms with van der Waals surface area (Å²) in [5, 5.41) is 0.0983. The number of hydrogen-bond acceptors (Lipinski definition) is 1. The SMILES string of the molecule is CC(Cl)c1ccc(N(C)C)cc1. The third-order valence-electron chi connectivity index (χ3n) is 1.87. The van der Waals surface area contributed by atoms with Gasteiger partial charge in [-0.15, -0.1) is 11.6 Å². The summed E-state index contributed by atoms with van der Waals surface area (Å²) < 4.78 is 0. The Morgan fingerprint density at radius 3 is 2.00 bits per heavy atom. The van der Waals surface area contributed by atoms with Gasteiger partial charge in [-0.3, -0.25) is 0 Å². The van der Waals surface area contributed by atoms with Crippen LogP contribution in [-0.2, 0) is 0 Å². The highest BCUT2D eigenvalue weighted by atomic mass is 35.5. The Hall–Kier alpha value is -0.690. The summed E-state index contributed by atoms with van der Waals surface area (Å²) in [6.07, 6.45) is 0. The summed E-state index contributed by atoms with van der Waals surface area (Å²) in [5.41, 5.74) is 2.37. The highest BCUT2D eigenvalue weighted by Crippen LogP contribution is 2.21. The van der Waals surface area contributed by atoms with Gasteiger partial charge in [0.25, 0.3) is 0 Å². The van der Waals surface area contributed by atoms with Gasteiger partial charge in [-0.1, -0.05) is 12.1 Å². The molecule has 0 aliphatic rings. The van der Waals surface area contributed by atoms with Crippen LogP contribution in [0.1, 0.15) is 17.9 Å². The van der Waals surface area contributed by atoms with E-state index in [9.17, 15) is 0 Å². The van der Waals surface area contributed by atoms with Crippen LogP contribution in [0.15, 0.2) is 24.3 Å². The first kappa shape index (κ1) is 9.40. The molecule has 1 rings (SSSR count). The molecule has 0 aliphatic heterocycles. The van der Waals surface area contributed by atoms with Crippen LogP contribution >= 0.6 is 11.6 Å². The van der Waals surface area contributed by atoms with Crippen LogP contribution in [-0.4, -0.2) is 14.1 Å². The van der Waals surface area contributed by atoms with Crippen molar-refractivity contribution in [1.82, 2.24) is 0 Å². The van der Waals surface area contributed by atoms with Crippen molar-refractivity contribution in [2.24, 2.45) is 0 Å². The zero-order chi connectivity index (χ0) is 9.14. The predicted molar refractivity (Wildman–Crippen MR) is 55.0 cm³/mol. The van der Waals surface area contributed by atoms with Crippen LogP contribution in [0.3, 0.4) is 0 Å². The van der Waals surface area contributed by atoms with Crippen molar-refractivity contribution in [2.75, 3.05) is 19.0 Å². The van der Waals surface area contributed by atoms with Crippen molar-refractivity contribution < 1.29 is 0 Å². The van der Waals surface area contributed by atoms with E-state index in [4.69, 9.17) is 11.6 Å². The van der Waals surface area contributed by atoms with Crippen molar-refractivity contribution in [3.63, 3.8) is 0 Å². The van der Waals surface area contributed by atoms with E-state index in [-0.39, 0.29) is 5.38 Å². The van der Waals surface area contributed by atoms with Crippen molar-refractivity contribution in [3.05, 3.63) is 29.8 Å². The first-order valence-corrected chi connectivity index (χ1v) is 4.46. The van der Waals surface area contributed by atoms with Crippen molar-refractivity contribution >= 4 is 17.3 Å². The highest BCUT2D eigenvalue weighted by Gasteiger charge is 2.00. The number of rotatable bonds is 2. The molecule has 0 N–H and O–H groups in total. The molecule has 1 unspecified atom stereocenters. The first-order valence-electron chi connectivity index (χ1n) is 4.02. The normalized spacial score (nSPS) is 12.7. The minimum Gasteiger partial charge on any atom is -0.378 e. The maximum atomic E-state index is 5.92. The zero-order valence-electron chi connectivity index (χ0n) is 7.71. The van der Waals surface area contributed by atoms with E-state index >= 15 is 0 Å². The molecule has 0 radical (unpaired) electrons. The van der Waals surface area contributed by atoms with Gasteiger partial charge in [0.1, 0.15) is 0 Å². The Bertz CT molecular complexity index is 212. The minimum atomic E-state index is 0.0983. The van der Waals surface area contributed by atoms with E-state index in [1.165, 1.54) is 11.3 Å². The number of hydrogen-bond donors (Lipinski definition) is 0. The molecule has 0 heterocycles. The van der Waals surface area contributed by atoms with Crippen LogP contribution in [0, 0.1) is 0 Å². The largest absolute Gasteiger partial charge is 0.378 e. The maximum absolute atomic E-state index is 5.92. The van der Waals surface area contributed by atoms with E-state index in [1.807, 2.05) is 21.0 Å². The lowest BCUT2D eigenvalue weighted by atomic mass is 10.1. The van der Waals surface area contributed by atoms with E-state index in [0.29, 0.717) is 0 Å². The molecule has 0 bridgehead atoms. The van der Waals surface area contributed by atoms with E-state index in [1.54, 1.807) is 0 Å². The molecule has 66 valence electrons. The number of nitrogens with zero attached hydrogens (tertiary/aromatic N) is 1. The molecule has 0 amide bonds. The second-order valence-electron chi connectivity index (χ2n) is 3.10. The second-order valence-corrected chi connectivity index (χ2v) is 3.76. The average Bonchev–Trinajstić information content (AvgIpc) is 2.04. The summed E-state index contributed by atoms with van der Waals surface area (Å²) in [6.45, 7) is 1.98. The lowest BCUT2D eigenvalue weighted by Crippen LogP contribution is -2.08. The third kappa shape index (κ3) is 2.15. The predicted octanol–water partition coefficient (Wildman–Crippen LogP) is 3.05. The fraction of sp³-hybridized carbons (Fsp3) is 0.400. The highest BCUT2D eigenvalue weighted by molar-refractivity contribution is 6.20. The minimum absolute atomic E-state index is 0.0983. The van der Waals surface area contributed by atoms with Gasteiger partial charge in [-0.05, 0) is 24.6 Å². The lowest BCUT2D eigenvalue weighted by molar-refractivity contribution is 1.07. The monoisotopic (exact) mass is 183 g/mol. The van der Waals surface area contributed by atoms with E-state index in [2.05, 4.69) is 29.2 Å². The van der Waals surface area contributed by atoms with E-state index < -0.39 is 0 Å². The van der Waals surface area contributed by atoms with Gasteiger partial charge < -0.3 is 4.90 Å². The molecule has 0 aromatic heterocycles.